The fourth-order valence-electron chi connectivity index (χ4n) is 9.75. The molecule has 2 saturated carbocycles. The summed E-state index contributed by atoms with van der Waals surface area (Å²) in [7, 11) is 2.26. The quantitative estimate of drug-likeness (QED) is 0.0766. The topological polar surface area (TPSA) is 76.1 Å². The Bertz CT molecular complexity index is 839. The fraction of sp³-hybridized carbons (Fsp3) is 0.962. The third-order valence-corrected chi connectivity index (χ3v) is 14.7. The summed E-state index contributed by atoms with van der Waals surface area (Å²) in [5.41, 5.74) is 0. The van der Waals surface area contributed by atoms with Crippen molar-refractivity contribution >= 4 is 23.7 Å². The average molecular weight is 850 g/mol. The Morgan fingerprint density at radius 1 is 0.508 bits per heavy atom. The normalized spacial score (nSPS) is 19.1. The number of carbonyl (C=O) groups is 2. The van der Waals surface area contributed by atoms with Crippen LogP contribution in [0.2, 0.25) is 0 Å². The van der Waals surface area contributed by atoms with E-state index < -0.39 is 0 Å². The van der Waals surface area contributed by atoms with E-state index in [4.69, 9.17) is 9.47 Å². The molecule has 0 radical (unpaired) electrons. The van der Waals surface area contributed by atoms with Crippen molar-refractivity contribution in [2.75, 3.05) is 44.9 Å². The molecule has 7 heteroatoms. The Morgan fingerprint density at radius 3 is 1.19 bits per heavy atom. The van der Waals surface area contributed by atoms with Crippen LogP contribution in [0.1, 0.15) is 257 Å². The lowest BCUT2D eigenvalue weighted by molar-refractivity contribution is -0.145. The number of esters is 2. The van der Waals surface area contributed by atoms with Gasteiger partial charge in [-0.2, -0.15) is 11.8 Å². The Morgan fingerprint density at radius 2 is 0.847 bits per heavy atom. The summed E-state index contributed by atoms with van der Waals surface area (Å²) in [4.78, 5) is 27.9. The first-order chi connectivity index (χ1) is 29.1. The minimum Gasteiger partial charge on any atom is -0.466 e. The predicted octanol–water partition coefficient (Wildman–Crippen LogP) is 15.0. The van der Waals surface area contributed by atoms with E-state index in [2.05, 4.69) is 11.9 Å². The molecule has 0 saturated heterocycles. The minimum atomic E-state index is 0.0109. The van der Waals surface area contributed by atoms with Gasteiger partial charge in [-0.15, -0.1) is 0 Å². The third-order valence-electron chi connectivity index (χ3n) is 13.8. The second-order valence-electron chi connectivity index (χ2n) is 19.1. The number of nitrogens with zero attached hydrogens (tertiary/aromatic N) is 1. The average Bonchev–Trinajstić information content (AvgIpc) is 3.26. The van der Waals surface area contributed by atoms with Crippen LogP contribution >= 0.6 is 11.8 Å². The molecule has 1 N–H and O–H groups in total. The van der Waals surface area contributed by atoms with Gasteiger partial charge in [0, 0.05) is 36.9 Å². The van der Waals surface area contributed by atoms with Gasteiger partial charge < -0.3 is 19.5 Å². The smallest absolute Gasteiger partial charge is 0.305 e. The van der Waals surface area contributed by atoms with Gasteiger partial charge in [0.25, 0.3) is 0 Å². The van der Waals surface area contributed by atoms with Gasteiger partial charge in [0.2, 0.25) is 0 Å². The molecule has 0 bridgehead atoms. The Kier molecular flexibility index (Phi) is 38.0. The van der Waals surface area contributed by atoms with E-state index in [1.807, 2.05) is 11.8 Å². The fourth-order valence-corrected chi connectivity index (χ4v) is 10.5. The molecule has 348 valence electrons. The standard InChI is InChI=1S/C52H99NO5S/c1-53(42-46-59-47-43-54)50(36-28-22-30-44-57-51(55)40-38-48-32-24-18-14-10-6-2-3-7-11-15-19-25-33-48)37-29-23-31-45-58-52(56)41-39-49-34-26-20-16-12-8-4-5-9-13-17-21-27-35-49/h48-50,54H,2-47H2,1H3. The van der Waals surface area contributed by atoms with E-state index in [-0.39, 0.29) is 18.5 Å². The van der Waals surface area contributed by atoms with E-state index in [0.29, 0.717) is 43.9 Å². The number of thioether (sulfide) groups is 1. The molecular weight excluding hydrogens is 751 g/mol. The highest BCUT2D eigenvalue weighted by atomic mass is 32.2. The summed E-state index contributed by atoms with van der Waals surface area (Å²) in [5.74, 6) is 3.24. The van der Waals surface area contributed by atoms with Gasteiger partial charge in [0.15, 0.2) is 0 Å². The molecule has 0 unspecified atom stereocenters. The van der Waals surface area contributed by atoms with Crippen LogP contribution in [0.4, 0.5) is 0 Å². The first-order valence-electron chi connectivity index (χ1n) is 26.3. The minimum absolute atomic E-state index is 0.0109. The zero-order valence-corrected chi connectivity index (χ0v) is 40.0. The summed E-state index contributed by atoms with van der Waals surface area (Å²) in [6, 6.07) is 0.531. The Hall–Kier alpha value is -0.790. The summed E-state index contributed by atoms with van der Waals surface area (Å²) < 4.78 is 11.5. The van der Waals surface area contributed by atoms with Crippen molar-refractivity contribution in [1.82, 2.24) is 4.90 Å². The maximum atomic E-state index is 12.7. The highest BCUT2D eigenvalue weighted by molar-refractivity contribution is 7.99. The summed E-state index contributed by atoms with van der Waals surface area (Å²) in [6.45, 7) is 2.39. The Balaban J connectivity index is 1.62. The van der Waals surface area contributed by atoms with Crippen molar-refractivity contribution in [2.45, 2.75) is 263 Å². The highest BCUT2D eigenvalue weighted by Crippen LogP contribution is 2.26. The van der Waals surface area contributed by atoms with E-state index >= 15 is 0 Å². The van der Waals surface area contributed by atoms with Crippen LogP contribution in [0, 0.1) is 11.8 Å². The molecular formula is C52H99NO5S. The molecule has 6 nitrogen and oxygen atoms in total. The van der Waals surface area contributed by atoms with Crippen molar-refractivity contribution in [1.29, 1.82) is 0 Å². The maximum absolute atomic E-state index is 12.7. The van der Waals surface area contributed by atoms with Crippen LogP contribution in [0.25, 0.3) is 0 Å². The number of rotatable bonds is 24. The van der Waals surface area contributed by atoms with Crippen LogP contribution in [-0.4, -0.2) is 72.9 Å². The lowest BCUT2D eigenvalue weighted by Gasteiger charge is -2.28. The number of aliphatic hydroxyl groups is 1. The molecule has 0 heterocycles. The van der Waals surface area contributed by atoms with E-state index in [1.54, 1.807) is 0 Å². The van der Waals surface area contributed by atoms with Crippen molar-refractivity contribution in [2.24, 2.45) is 11.8 Å². The molecule has 2 aliphatic carbocycles. The van der Waals surface area contributed by atoms with Crippen molar-refractivity contribution in [3.63, 3.8) is 0 Å². The Labute approximate surface area is 371 Å². The van der Waals surface area contributed by atoms with E-state index in [0.717, 1.165) is 82.3 Å². The van der Waals surface area contributed by atoms with Gasteiger partial charge in [-0.05, 0) is 57.4 Å². The molecule has 0 aromatic rings. The van der Waals surface area contributed by atoms with Crippen molar-refractivity contribution in [3.05, 3.63) is 0 Å². The first-order valence-corrected chi connectivity index (χ1v) is 27.4. The van der Waals surface area contributed by atoms with Gasteiger partial charge in [-0.1, -0.05) is 205 Å². The maximum Gasteiger partial charge on any atom is 0.305 e. The lowest BCUT2D eigenvalue weighted by Crippen LogP contribution is -2.33. The van der Waals surface area contributed by atoms with Crippen molar-refractivity contribution in [3.8, 4) is 0 Å². The SMILES string of the molecule is CN(CCSCCO)C(CCCCCOC(=O)CCC1CCCCCCCCCCCCCC1)CCCCCOC(=O)CCC1CCCCCCCCCCCCCC1. The zero-order chi connectivity index (χ0) is 42.1. The molecule has 0 spiro atoms. The van der Waals surface area contributed by atoms with Gasteiger partial charge in [-0.3, -0.25) is 9.59 Å². The molecule has 0 aliphatic heterocycles. The summed E-state index contributed by atoms with van der Waals surface area (Å²) in [5, 5.41) is 9.22. The number of hydrogen-bond acceptors (Lipinski definition) is 7. The number of unbranched alkanes of at least 4 members (excludes halogenated alkanes) is 4. The van der Waals surface area contributed by atoms with Gasteiger partial charge in [0.05, 0.1) is 19.8 Å². The molecule has 0 atom stereocenters. The van der Waals surface area contributed by atoms with E-state index in [1.165, 1.54) is 180 Å². The monoisotopic (exact) mass is 850 g/mol. The lowest BCUT2D eigenvalue weighted by atomic mass is 9.90. The number of carbonyl (C=O) groups excluding carboxylic acids is 2. The molecule has 0 amide bonds. The molecule has 2 fully saturated rings. The zero-order valence-electron chi connectivity index (χ0n) is 39.2. The van der Waals surface area contributed by atoms with Crippen molar-refractivity contribution < 1.29 is 24.2 Å². The summed E-state index contributed by atoms with van der Waals surface area (Å²) in [6.07, 6.45) is 50.3. The largest absolute Gasteiger partial charge is 0.466 e. The molecule has 2 rings (SSSR count). The van der Waals surface area contributed by atoms with Gasteiger partial charge >= 0.3 is 11.9 Å². The molecule has 0 aromatic heterocycles. The van der Waals surface area contributed by atoms with Crippen LogP contribution in [-0.2, 0) is 19.1 Å². The van der Waals surface area contributed by atoms with Gasteiger partial charge in [-0.25, -0.2) is 0 Å². The number of ether oxygens (including phenoxy) is 2. The van der Waals surface area contributed by atoms with Crippen LogP contribution in [0.5, 0.6) is 0 Å². The second kappa shape index (κ2) is 41.2. The third kappa shape index (κ3) is 34.4. The van der Waals surface area contributed by atoms with Crippen LogP contribution in [0.3, 0.4) is 0 Å². The second-order valence-corrected chi connectivity index (χ2v) is 20.3. The highest BCUT2D eigenvalue weighted by Gasteiger charge is 2.17. The molecule has 2 aliphatic rings. The molecule has 59 heavy (non-hydrogen) atoms. The summed E-state index contributed by atoms with van der Waals surface area (Å²) >= 11 is 1.83. The molecule has 0 aromatic carbocycles. The van der Waals surface area contributed by atoms with E-state index in [9.17, 15) is 14.7 Å². The predicted molar refractivity (Wildman–Crippen MR) is 254 cm³/mol. The van der Waals surface area contributed by atoms with Gasteiger partial charge in [0.1, 0.15) is 0 Å². The first kappa shape index (κ1) is 54.3. The van der Waals surface area contributed by atoms with Crippen LogP contribution in [0.15, 0.2) is 0 Å². The number of hydrogen-bond donors (Lipinski definition) is 1. The number of aliphatic hydroxyl groups excluding tert-OH is 1. The van der Waals surface area contributed by atoms with Crippen LogP contribution < -0.4 is 0 Å².